The molecule has 0 heterocycles. The monoisotopic (exact) mass is 389 g/mol. The van der Waals surface area contributed by atoms with Gasteiger partial charge in [-0.15, -0.1) is 0 Å². The number of benzene rings is 2. The van der Waals surface area contributed by atoms with E-state index in [1.165, 1.54) is 6.21 Å². The SMILES string of the molecule is CCc1ccccc1N(CC(=O)N/N=C\c1ccc(OC)cc1)S(C)(=O)=O. The van der Waals surface area contributed by atoms with Crippen LogP contribution in [0.5, 0.6) is 5.75 Å². The summed E-state index contributed by atoms with van der Waals surface area (Å²) in [5.74, 6) is 0.186. The Morgan fingerprint density at radius 2 is 1.85 bits per heavy atom. The lowest BCUT2D eigenvalue weighted by Crippen LogP contribution is -2.39. The quantitative estimate of drug-likeness (QED) is 0.554. The van der Waals surface area contributed by atoms with E-state index in [2.05, 4.69) is 10.5 Å². The number of amides is 1. The molecule has 0 atom stereocenters. The Bertz CT molecular complexity index is 909. The second kappa shape index (κ2) is 9.18. The summed E-state index contributed by atoms with van der Waals surface area (Å²) >= 11 is 0. The van der Waals surface area contributed by atoms with Crippen LogP contribution in [0.1, 0.15) is 18.1 Å². The van der Waals surface area contributed by atoms with Crippen LogP contribution in [0.25, 0.3) is 0 Å². The molecular formula is C19H23N3O4S. The molecule has 0 aliphatic heterocycles. The van der Waals surface area contributed by atoms with Crippen LogP contribution in [-0.2, 0) is 21.2 Å². The number of hydrazone groups is 1. The average molecular weight is 389 g/mol. The molecule has 0 fully saturated rings. The highest BCUT2D eigenvalue weighted by molar-refractivity contribution is 7.92. The van der Waals surface area contributed by atoms with Crippen LogP contribution in [0.2, 0.25) is 0 Å². The summed E-state index contributed by atoms with van der Waals surface area (Å²) in [4.78, 5) is 12.2. The zero-order valence-corrected chi connectivity index (χ0v) is 16.4. The van der Waals surface area contributed by atoms with Gasteiger partial charge in [0.2, 0.25) is 10.0 Å². The highest BCUT2D eigenvalue weighted by Crippen LogP contribution is 2.23. The van der Waals surface area contributed by atoms with E-state index in [-0.39, 0.29) is 6.54 Å². The smallest absolute Gasteiger partial charge is 0.260 e. The predicted octanol–water partition coefficient (Wildman–Crippen LogP) is 2.17. The molecular weight excluding hydrogens is 366 g/mol. The molecule has 0 aliphatic rings. The molecule has 8 heteroatoms. The van der Waals surface area contributed by atoms with Crippen molar-refractivity contribution >= 4 is 27.8 Å². The summed E-state index contributed by atoms with van der Waals surface area (Å²) in [6, 6.07) is 14.2. The van der Waals surface area contributed by atoms with Gasteiger partial charge in [-0.25, -0.2) is 13.8 Å². The van der Waals surface area contributed by atoms with Gasteiger partial charge in [0.25, 0.3) is 5.91 Å². The maximum absolute atomic E-state index is 12.2. The van der Waals surface area contributed by atoms with Gasteiger partial charge in [0.15, 0.2) is 0 Å². The summed E-state index contributed by atoms with van der Waals surface area (Å²) in [5.41, 5.74) is 4.48. The lowest BCUT2D eigenvalue weighted by Gasteiger charge is -2.23. The van der Waals surface area contributed by atoms with Crippen molar-refractivity contribution in [2.45, 2.75) is 13.3 Å². The number of methoxy groups -OCH3 is 1. The second-order valence-corrected chi connectivity index (χ2v) is 7.73. The molecule has 1 N–H and O–H groups in total. The molecule has 0 radical (unpaired) electrons. The largest absolute Gasteiger partial charge is 0.497 e. The molecule has 0 saturated carbocycles. The van der Waals surface area contributed by atoms with Crippen molar-refractivity contribution in [1.82, 2.24) is 5.43 Å². The number of nitrogens with zero attached hydrogens (tertiary/aromatic N) is 2. The van der Waals surface area contributed by atoms with Gasteiger partial charge >= 0.3 is 0 Å². The van der Waals surface area contributed by atoms with Crippen LogP contribution in [0.4, 0.5) is 5.69 Å². The van der Waals surface area contributed by atoms with E-state index in [9.17, 15) is 13.2 Å². The first kappa shape index (κ1) is 20.4. The van der Waals surface area contributed by atoms with Crippen LogP contribution in [-0.4, -0.2) is 40.4 Å². The van der Waals surface area contributed by atoms with Gasteiger partial charge in [-0.2, -0.15) is 5.10 Å². The standard InChI is InChI=1S/C19H23N3O4S/c1-4-16-7-5-6-8-18(16)22(27(3,24)25)14-19(23)21-20-13-15-9-11-17(26-2)12-10-15/h5-13H,4,14H2,1-3H3,(H,21,23)/b20-13-. The third kappa shape index (κ3) is 5.82. The van der Waals surface area contributed by atoms with E-state index in [0.717, 1.165) is 27.4 Å². The van der Waals surface area contributed by atoms with Crippen molar-refractivity contribution in [3.05, 3.63) is 59.7 Å². The zero-order valence-electron chi connectivity index (χ0n) is 15.5. The summed E-state index contributed by atoms with van der Waals surface area (Å²) in [5, 5.41) is 3.88. The minimum Gasteiger partial charge on any atom is -0.497 e. The van der Waals surface area contributed by atoms with E-state index in [0.29, 0.717) is 12.1 Å². The Kier molecular flexibility index (Phi) is 6.95. The maximum atomic E-state index is 12.2. The number of carbonyl (C=O) groups excluding carboxylic acids is 1. The number of para-hydroxylation sites is 1. The maximum Gasteiger partial charge on any atom is 0.260 e. The Morgan fingerprint density at radius 3 is 2.44 bits per heavy atom. The Labute approximate surface area is 159 Å². The molecule has 27 heavy (non-hydrogen) atoms. The predicted molar refractivity (Wildman–Crippen MR) is 107 cm³/mol. The van der Waals surface area contributed by atoms with Gasteiger partial charge in [0.05, 0.1) is 25.3 Å². The van der Waals surface area contributed by atoms with E-state index < -0.39 is 15.9 Å². The number of rotatable bonds is 8. The van der Waals surface area contributed by atoms with Crippen LogP contribution < -0.4 is 14.5 Å². The molecule has 2 aromatic rings. The van der Waals surface area contributed by atoms with E-state index in [1.54, 1.807) is 43.5 Å². The summed E-state index contributed by atoms with van der Waals surface area (Å²) in [6.45, 7) is 1.58. The third-order valence-corrected chi connectivity index (χ3v) is 4.97. The van der Waals surface area contributed by atoms with Crippen molar-refractivity contribution in [3.63, 3.8) is 0 Å². The van der Waals surface area contributed by atoms with Crippen LogP contribution in [0.3, 0.4) is 0 Å². The Balaban J connectivity index is 2.09. The molecule has 0 aliphatic carbocycles. The van der Waals surface area contributed by atoms with E-state index in [4.69, 9.17) is 4.74 Å². The first-order valence-electron chi connectivity index (χ1n) is 8.36. The first-order valence-corrected chi connectivity index (χ1v) is 10.2. The second-order valence-electron chi connectivity index (χ2n) is 5.82. The van der Waals surface area contributed by atoms with Gasteiger partial charge in [-0.1, -0.05) is 25.1 Å². The lowest BCUT2D eigenvalue weighted by atomic mass is 10.1. The molecule has 0 spiro atoms. The minimum absolute atomic E-state index is 0.351. The number of sulfonamides is 1. The molecule has 0 saturated heterocycles. The van der Waals surface area contributed by atoms with Gasteiger partial charge in [-0.05, 0) is 47.9 Å². The molecule has 2 rings (SSSR count). The van der Waals surface area contributed by atoms with Gasteiger partial charge in [0.1, 0.15) is 12.3 Å². The van der Waals surface area contributed by atoms with Crippen LogP contribution in [0.15, 0.2) is 53.6 Å². The number of anilines is 1. The fourth-order valence-electron chi connectivity index (χ4n) is 2.47. The van der Waals surface area contributed by atoms with E-state index in [1.807, 2.05) is 19.1 Å². The Hall–Kier alpha value is -2.87. The summed E-state index contributed by atoms with van der Waals surface area (Å²) in [6.07, 6.45) is 3.20. The average Bonchev–Trinajstić information content (AvgIpc) is 2.66. The van der Waals surface area contributed by atoms with Gasteiger partial charge in [-0.3, -0.25) is 9.10 Å². The number of aryl methyl sites for hydroxylation is 1. The topological polar surface area (TPSA) is 88.1 Å². The van der Waals surface area contributed by atoms with Crippen molar-refractivity contribution in [2.24, 2.45) is 5.10 Å². The fourth-order valence-corrected chi connectivity index (χ4v) is 3.36. The fraction of sp³-hybridized carbons (Fsp3) is 0.263. The van der Waals surface area contributed by atoms with Crippen molar-refractivity contribution in [2.75, 3.05) is 24.2 Å². The summed E-state index contributed by atoms with van der Waals surface area (Å²) < 4.78 is 30.5. The number of carbonyl (C=O) groups is 1. The lowest BCUT2D eigenvalue weighted by molar-refractivity contribution is -0.119. The van der Waals surface area contributed by atoms with Crippen LogP contribution in [0, 0.1) is 0 Å². The van der Waals surface area contributed by atoms with Crippen molar-refractivity contribution < 1.29 is 17.9 Å². The Morgan fingerprint density at radius 1 is 1.19 bits per heavy atom. The van der Waals surface area contributed by atoms with Gasteiger partial charge < -0.3 is 4.74 Å². The first-order chi connectivity index (χ1) is 12.8. The number of hydrogen-bond acceptors (Lipinski definition) is 5. The van der Waals surface area contributed by atoms with Crippen molar-refractivity contribution in [3.8, 4) is 5.75 Å². The number of nitrogens with one attached hydrogen (secondary N) is 1. The van der Waals surface area contributed by atoms with Gasteiger partial charge in [0, 0.05) is 0 Å². The molecule has 144 valence electrons. The number of hydrogen-bond donors (Lipinski definition) is 1. The van der Waals surface area contributed by atoms with Crippen LogP contribution >= 0.6 is 0 Å². The molecule has 0 aromatic heterocycles. The molecule has 0 bridgehead atoms. The van der Waals surface area contributed by atoms with E-state index >= 15 is 0 Å². The normalized spacial score (nSPS) is 11.4. The number of ether oxygens (including phenoxy) is 1. The highest BCUT2D eigenvalue weighted by Gasteiger charge is 2.22. The molecule has 7 nitrogen and oxygen atoms in total. The van der Waals surface area contributed by atoms with Crippen molar-refractivity contribution in [1.29, 1.82) is 0 Å². The minimum atomic E-state index is -3.62. The summed E-state index contributed by atoms with van der Waals surface area (Å²) in [7, 11) is -2.05. The molecule has 0 unspecified atom stereocenters. The molecule has 2 aromatic carbocycles. The zero-order chi connectivity index (χ0) is 19.9. The third-order valence-electron chi connectivity index (χ3n) is 3.85. The molecule has 1 amide bonds. The highest BCUT2D eigenvalue weighted by atomic mass is 32.2.